The highest BCUT2D eigenvalue weighted by molar-refractivity contribution is 5.73. The molecule has 0 atom stereocenters. The lowest BCUT2D eigenvalue weighted by Gasteiger charge is -2.13. The van der Waals surface area contributed by atoms with Gasteiger partial charge in [0.05, 0.1) is 6.42 Å². The van der Waals surface area contributed by atoms with Crippen molar-refractivity contribution in [2.75, 3.05) is 25.5 Å². The molecule has 0 spiro atoms. The summed E-state index contributed by atoms with van der Waals surface area (Å²) in [5.74, 6) is 0.257. The van der Waals surface area contributed by atoms with Gasteiger partial charge in [-0.2, -0.15) is 0 Å². The number of carbonyl (C=O) groups excluding carboxylic acids is 1. The highest BCUT2D eigenvalue weighted by atomic mass is 16.5. The molecule has 0 aliphatic heterocycles. The third-order valence-electron chi connectivity index (χ3n) is 1.91. The standard InChI is InChI=1S/C11H16N2O2/c1-13(2)9-4-3-5-10(8-9)15-11(14)6-7-12/h3-5,8H,6-7,12H2,1-2H3. The summed E-state index contributed by atoms with van der Waals surface area (Å²) >= 11 is 0. The maximum atomic E-state index is 11.2. The van der Waals surface area contributed by atoms with Crippen LogP contribution in [-0.2, 0) is 4.79 Å². The van der Waals surface area contributed by atoms with Crippen molar-refractivity contribution in [1.29, 1.82) is 0 Å². The summed E-state index contributed by atoms with van der Waals surface area (Å²) in [6, 6.07) is 7.36. The number of nitrogens with zero attached hydrogens (tertiary/aromatic N) is 1. The van der Waals surface area contributed by atoms with Crippen LogP contribution in [0.1, 0.15) is 6.42 Å². The average molecular weight is 208 g/mol. The van der Waals surface area contributed by atoms with E-state index in [9.17, 15) is 4.79 Å². The minimum absolute atomic E-state index is 0.242. The zero-order valence-electron chi connectivity index (χ0n) is 9.06. The molecule has 0 amide bonds. The predicted molar refractivity (Wildman–Crippen MR) is 60.1 cm³/mol. The highest BCUT2D eigenvalue weighted by Gasteiger charge is 2.04. The third-order valence-corrected chi connectivity index (χ3v) is 1.91. The fraction of sp³-hybridized carbons (Fsp3) is 0.364. The molecule has 82 valence electrons. The number of rotatable bonds is 4. The third kappa shape index (κ3) is 3.59. The second-order valence-electron chi connectivity index (χ2n) is 3.40. The summed E-state index contributed by atoms with van der Waals surface area (Å²) in [6.45, 7) is 0.312. The summed E-state index contributed by atoms with van der Waals surface area (Å²) in [7, 11) is 3.86. The number of ether oxygens (including phenoxy) is 1. The van der Waals surface area contributed by atoms with Crippen LogP contribution in [0.25, 0.3) is 0 Å². The Hall–Kier alpha value is -1.55. The van der Waals surface area contributed by atoms with E-state index in [1.165, 1.54) is 0 Å². The Morgan fingerprint density at radius 2 is 2.20 bits per heavy atom. The number of nitrogens with two attached hydrogens (primary N) is 1. The van der Waals surface area contributed by atoms with Crippen molar-refractivity contribution >= 4 is 11.7 Å². The van der Waals surface area contributed by atoms with E-state index in [0.717, 1.165) is 5.69 Å². The van der Waals surface area contributed by atoms with Gasteiger partial charge in [-0.05, 0) is 12.1 Å². The first-order chi connectivity index (χ1) is 7.13. The molecule has 2 N–H and O–H groups in total. The van der Waals surface area contributed by atoms with Crippen molar-refractivity contribution in [3.8, 4) is 5.75 Å². The Kier molecular flexibility index (Phi) is 4.12. The molecule has 0 bridgehead atoms. The van der Waals surface area contributed by atoms with Gasteiger partial charge in [-0.3, -0.25) is 4.79 Å². The van der Waals surface area contributed by atoms with Crippen LogP contribution in [0.2, 0.25) is 0 Å². The summed E-state index contributed by atoms with van der Waals surface area (Å²) in [5.41, 5.74) is 6.25. The van der Waals surface area contributed by atoms with Gasteiger partial charge in [-0.15, -0.1) is 0 Å². The molecule has 0 aliphatic rings. The number of esters is 1. The van der Waals surface area contributed by atoms with E-state index in [0.29, 0.717) is 12.3 Å². The second-order valence-corrected chi connectivity index (χ2v) is 3.40. The Labute approximate surface area is 89.6 Å². The van der Waals surface area contributed by atoms with Gasteiger partial charge in [0.1, 0.15) is 5.75 Å². The van der Waals surface area contributed by atoms with Crippen molar-refractivity contribution in [1.82, 2.24) is 0 Å². The largest absolute Gasteiger partial charge is 0.426 e. The van der Waals surface area contributed by atoms with Gasteiger partial charge in [-0.25, -0.2) is 0 Å². The van der Waals surface area contributed by atoms with Gasteiger partial charge in [0.2, 0.25) is 0 Å². The molecule has 4 nitrogen and oxygen atoms in total. The normalized spacial score (nSPS) is 9.80. The first-order valence-electron chi connectivity index (χ1n) is 4.81. The van der Waals surface area contributed by atoms with Crippen molar-refractivity contribution < 1.29 is 9.53 Å². The van der Waals surface area contributed by atoms with Crippen molar-refractivity contribution in [3.63, 3.8) is 0 Å². The Morgan fingerprint density at radius 3 is 2.80 bits per heavy atom. The molecule has 1 aromatic rings. The van der Waals surface area contributed by atoms with Gasteiger partial charge in [-0.1, -0.05) is 6.07 Å². The van der Waals surface area contributed by atoms with Crippen LogP contribution in [0.4, 0.5) is 5.69 Å². The zero-order valence-corrected chi connectivity index (χ0v) is 9.06. The highest BCUT2D eigenvalue weighted by Crippen LogP contribution is 2.19. The van der Waals surface area contributed by atoms with Gasteiger partial charge >= 0.3 is 5.97 Å². The fourth-order valence-electron chi connectivity index (χ4n) is 1.13. The number of carbonyl (C=O) groups is 1. The SMILES string of the molecule is CN(C)c1cccc(OC(=O)CCN)c1. The van der Waals surface area contributed by atoms with E-state index < -0.39 is 0 Å². The van der Waals surface area contributed by atoms with Crippen LogP contribution < -0.4 is 15.4 Å². The maximum absolute atomic E-state index is 11.2. The average Bonchev–Trinajstić information content (AvgIpc) is 2.18. The van der Waals surface area contributed by atoms with Crippen LogP contribution in [0.15, 0.2) is 24.3 Å². The summed E-state index contributed by atoms with van der Waals surface area (Å²) in [5, 5.41) is 0. The molecule has 0 saturated heterocycles. The van der Waals surface area contributed by atoms with Gasteiger partial charge in [0.15, 0.2) is 0 Å². The zero-order chi connectivity index (χ0) is 11.3. The molecule has 0 saturated carbocycles. The van der Waals surface area contributed by atoms with Gasteiger partial charge < -0.3 is 15.4 Å². The van der Waals surface area contributed by atoms with Crippen LogP contribution in [0, 0.1) is 0 Å². The topological polar surface area (TPSA) is 55.6 Å². The molecule has 0 aliphatic carbocycles. The molecule has 4 heteroatoms. The van der Waals surface area contributed by atoms with E-state index in [1.54, 1.807) is 6.07 Å². The van der Waals surface area contributed by atoms with E-state index in [1.807, 2.05) is 37.2 Å². The summed E-state index contributed by atoms with van der Waals surface area (Å²) < 4.78 is 5.10. The van der Waals surface area contributed by atoms with Crippen molar-refractivity contribution in [3.05, 3.63) is 24.3 Å². The van der Waals surface area contributed by atoms with Crippen LogP contribution in [-0.4, -0.2) is 26.6 Å². The summed E-state index contributed by atoms with van der Waals surface area (Å²) in [6.07, 6.45) is 0.242. The van der Waals surface area contributed by atoms with Crippen molar-refractivity contribution in [2.45, 2.75) is 6.42 Å². The van der Waals surface area contributed by atoms with E-state index in [-0.39, 0.29) is 12.4 Å². The van der Waals surface area contributed by atoms with E-state index in [2.05, 4.69) is 0 Å². The Bertz CT molecular complexity index is 337. The molecular weight excluding hydrogens is 192 g/mol. The molecule has 0 radical (unpaired) electrons. The lowest BCUT2D eigenvalue weighted by Crippen LogP contribution is -2.14. The quantitative estimate of drug-likeness (QED) is 0.592. The number of hydrogen-bond acceptors (Lipinski definition) is 4. The maximum Gasteiger partial charge on any atom is 0.312 e. The summed E-state index contributed by atoms with van der Waals surface area (Å²) in [4.78, 5) is 13.1. The smallest absolute Gasteiger partial charge is 0.312 e. The van der Waals surface area contributed by atoms with E-state index >= 15 is 0 Å². The first-order valence-corrected chi connectivity index (χ1v) is 4.81. The molecular formula is C11H16N2O2. The number of hydrogen-bond donors (Lipinski definition) is 1. The van der Waals surface area contributed by atoms with Gasteiger partial charge in [0, 0.05) is 32.4 Å². The number of anilines is 1. The predicted octanol–water partition coefficient (Wildman–Crippen LogP) is 1.01. The molecule has 0 fully saturated rings. The van der Waals surface area contributed by atoms with Crippen LogP contribution >= 0.6 is 0 Å². The van der Waals surface area contributed by atoms with Crippen LogP contribution in [0.3, 0.4) is 0 Å². The molecule has 1 rings (SSSR count). The Balaban J connectivity index is 2.69. The Morgan fingerprint density at radius 1 is 1.47 bits per heavy atom. The molecule has 0 aromatic heterocycles. The minimum atomic E-state index is -0.298. The molecule has 0 heterocycles. The number of benzene rings is 1. The first kappa shape index (κ1) is 11.5. The minimum Gasteiger partial charge on any atom is -0.426 e. The lowest BCUT2D eigenvalue weighted by molar-refractivity contribution is -0.134. The van der Waals surface area contributed by atoms with Crippen molar-refractivity contribution in [2.24, 2.45) is 5.73 Å². The molecule has 1 aromatic carbocycles. The fourth-order valence-corrected chi connectivity index (χ4v) is 1.13. The second kappa shape index (κ2) is 5.36. The van der Waals surface area contributed by atoms with Gasteiger partial charge in [0.25, 0.3) is 0 Å². The monoisotopic (exact) mass is 208 g/mol. The van der Waals surface area contributed by atoms with Crippen LogP contribution in [0.5, 0.6) is 5.75 Å². The lowest BCUT2D eigenvalue weighted by atomic mass is 10.3. The van der Waals surface area contributed by atoms with E-state index in [4.69, 9.17) is 10.5 Å². The molecule has 0 unspecified atom stereocenters. The molecule has 15 heavy (non-hydrogen) atoms.